The molecule has 2 rings (SSSR count). The summed E-state index contributed by atoms with van der Waals surface area (Å²) in [5.41, 5.74) is 0. The maximum Gasteiger partial charge on any atom is 0.0571 e. The first-order valence-electron chi connectivity index (χ1n) is 4.06. The summed E-state index contributed by atoms with van der Waals surface area (Å²) in [6.45, 7) is 4.00. The van der Waals surface area contributed by atoms with Gasteiger partial charge < -0.3 is 5.11 Å². The van der Waals surface area contributed by atoms with Crippen molar-refractivity contribution in [3.05, 3.63) is 0 Å². The zero-order valence-electron chi connectivity index (χ0n) is 6.30. The Hall–Kier alpha value is -0.0400. The van der Waals surface area contributed by atoms with Crippen LogP contribution in [0, 0.1) is 11.8 Å². The van der Waals surface area contributed by atoms with Crippen molar-refractivity contribution in [2.45, 2.75) is 39.2 Å². The van der Waals surface area contributed by atoms with Gasteiger partial charge in [-0.05, 0) is 31.1 Å². The molecular formula is C8H20O. The van der Waals surface area contributed by atoms with E-state index in [4.69, 9.17) is 5.11 Å². The van der Waals surface area contributed by atoms with E-state index in [0.29, 0.717) is 0 Å². The molecule has 0 aromatic heterocycles. The van der Waals surface area contributed by atoms with Gasteiger partial charge in [-0.2, -0.15) is 0 Å². The number of hydrogen-bond donors (Lipinski definition) is 1. The number of hydrogen-bond acceptors (Lipinski definition) is 1. The Kier molecular flexibility index (Phi) is 2.12. The summed E-state index contributed by atoms with van der Waals surface area (Å²) in [6, 6.07) is 0. The lowest BCUT2D eigenvalue weighted by Gasteiger charge is -1.97. The molecule has 0 radical (unpaired) electrons. The molecule has 3 atom stereocenters. The second kappa shape index (κ2) is 2.70. The van der Waals surface area contributed by atoms with E-state index in [1.165, 1.54) is 12.8 Å². The average Bonchev–Trinajstić information content (AvgIpc) is 2.61. The largest absolute Gasteiger partial charge is 0.393 e. The van der Waals surface area contributed by atoms with Crippen LogP contribution in [0.25, 0.3) is 0 Å². The van der Waals surface area contributed by atoms with Crippen molar-refractivity contribution in [2.75, 3.05) is 0 Å². The average molecular weight is 132 g/mol. The molecule has 1 nitrogen and oxygen atoms in total. The van der Waals surface area contributed by atoms with E-state index in [-0.39, 0.29) is 8.96 Å². The van der Waals surface area contributed by atoms with E-state index < -0.39 is 0 Å². The van der Waals surface area contributed by atoms with E-state index in [9.17, 15) is 0 Å². The molecule has 2 aliphatic carbocycles. The molecule has 2 unspecified atom stereocenters. The van der Waals surface area contributed by atoms with Crippen molar-refractivity contribution in [1.29, 1.82) is 0 Å². The second-order valence-electron chi connectivity index (χ2n) is 2.80. The Morgan fingerprint density at radius 1 is 1.33 bits per heavy atom. The van der Waals surface area contributed by atoms with Gasteiger partial charge in [0.15, 0.2) is 0 Å². The van der Waals surface area contributed by atoms with Gasteiger partial charge in [0.1, 0.15) is 0 Å². The molecule has 0 saturated heterocycles. The predicted octanol–water partition coefficient (Wildman–Crippen LogP) is 2.30. The number of fused-ring (bicyclic) bond motifs is 1. The van der Waals surface area contributed by atoms with Crippen LogP contribution in [-0.2, 0) is 0 Å². The van der Waals surface area contributed by atoms with Gasteiger partial charge in [-0.3, -0.25) is 0 Å². The summed E-state index contributed by atoms with van der Waals surface area (Å²) in [6.07, 6.45) is 3.78. The molecule has 9 heavy (non-hydrogen) atoms. The first-order chi connectivity index (χ1) is 4.38. The third kappa shape index (κ3) is 1.26. The maximum atomic E-state index is 9.04. The van der Waals surface area contributed by atoms with E-state index in [1.54, 1.807) is 0 Å². The minimum absolute atomic E-state index is 0. The predicted molar refractivity (Wildman–Crippen MR) is 42.4 cm³/mol. The number of aliphatic hydroxyl groups is 1. The fraction of sp³-hybridized carbons (Fsp3) is 1.00. The smallest absolute Gasteiger partial charge is 0.0571 e. The molecule has 0 aromatic carbocycles. The van der Waals surface area contributed by atoms with Gasteiger partial charge >= 0.3 is 0 Å². The van der Waals surface area contributed by atoms with Crippen molar-refractivity contribution < 1.29 is 7.96 Å². The van der Waals surface area contributed by atoms with Crippen molar-refractivity contribution in [3.63, 3.8) is 0 Å². The molecule has 1 heteroatoms. The molecule has 0 aliphatic heterocycles. The molecule has 0 amide bonds. The zero-order valence-corrected chi connectivity index (χ0v) is 6.30. The van der Waals surface area contributed by atoms with Gasteiger partial charge in [0.05, 0.1) is 6.10 Å². The summed E-state index contributed by atoms with van der Waals surface area (Å²) in [5, 5.41) is 9.04. The van der Waals surface area contributed by atoms with Crippen LogP contribution in [0.5, 0.6) is 0 Å². The Morgan fingerprint density at radius 3 is 2.11 bits per heavy atom. The third-order valence-corrected chi connectivity index (χ3v) is 2.30. The molecule has 0 aromatic rings. The van der Waals surface area contributed by atoms with E-state index >= 15 is 0 Å². The Labute approximate surface area is 60.1 Å². The highest BCUT2D eigenvalue weighted by atomic mass is 16.3. The first kappa shape index (κ1) is 7.07. The highest BCUT2D eigenvalue weighted by molar-refractivity contribution is 4.97. The Balaban J connectivity index is 0. The molecule has 2 aliphatic rings. The van der Waals surface area contributed by atoms with Gasteiger partial charge in [0.2, 0.25) is 0 Å². The second-order valence-corrected chi connectivity index (χ2v) is 2.80. The number of rotatable bonds is 0. The fourth-order valence-electron chi connectivity index (χ4n) is 1.67. The standard InChI is InChI=1S/C6H10O.C2H6.2H2/c7-6-2-1-4-3-5(4)6;1-2;;/h4-7H,1-3H2;1-2H3;2*1H/t4?,5?,6-;;;/m0.../s1. The molecule has 2 saturated carbocycles. The number of aliphatic hydroxyl groups excluding tert-OH is 1. The highest BCUT2D eigenvalue weighted by Gasteiger charge is 2.47. The summed E-state index contributed by atoms with van der Waals surface area (Å²) in [5.74, 6) is 1.68. The minimum atomic E-state index is 0. The van der Waals surface area contributed by atoms with Crippen LogP contribution < -0.4 is 0 Å². The summed E-state index contributed by atoms with van der Waals surface area (Å²) in [4.78, 5) is 0. The van der Waals surface area contributed by atoms with Crippen molar-refractivity contribution in [3.8, 4) is 0 Å². The highest BCUT2D eigenvalue weighted by Crippen LogP contribution is 2.51. The maximum absolute atomic E-state index is 9.04. The van der Waals surface area contributed by atoms with Crippen LogP contribution in [0.2, 0.25) is 0 Å². The van der Waals surface area contributed by atoms with Gasteiger partial charge in [-0.25, -0.2) is 0 Å². The molecule has 0 spiro atoms. The minimum Gasteiger partial charge on any atom is -0.393 e. The van der Waals surface area contributed by atoms with E-state index in [2.05, 4.69) is 0 Å². The summed E-state index contributed by atoms with van der Waals surface area (Å²) >= 11 is 0. The Bertz CT molecular complexity index is 98.1. The van der Waals surface area contributed by atoms with Gasteiger partial charge in [0.25, 0.3) is 0 Å². The molecule has 1 N–H and O–H groups in total. The van der Waals surface area contributed by atoms with Crippen LogP contribution in [0.15, 0.2) is 0 Å². The topological polar surface area (TPSA) is 20.2 Å². The van der Waals surface area contributed by atoms with Gasteiger partial charge in [-0.1, -0.05) is 13.8 Å². The SMILES string of the molecule is CC.O[C@H]1CCC2CC21.[HH].[HH]. The van der Waals surface area contributed by atoms with Gasteiger partial charge in [-0.15, -0.1) is 0 Å². The molecular weight excluding hydrogens is 112 g/mol. The first-order valence-corrected chi connectivity index (χ1v) is 4.06. The van der Waals surface area contributed by atoms with E-state index in [0.717, 1.165) is 18.3 Å². The fourth-order valence-corrected chi connectivity index (χ4v) is 1.67. The van der Waals surface area contributed by atoms with Crippen LogP contribution in [0.1, 0.15) is 36.0 Å². The van der Waals surface area contributed by atoms with Crippen LogP contribution >= 0.6 is 0 Å². The molecule has 0 heterocycles. The lowest BCUT2D eigenvalue weighted by molar-refractivity contribution is 0.159. The van der Waals surface area contributed by atoms with Crippen LogP contribution in [0.4, 0.5) is 0 Å². The molecule has 58 valence electrons. The molecule has 2 fully saturated rings. The van der Waals surface area contributed by atoms with Gasteiger partial charge in [0, 0.05) is 2.85 Å². The third-order valence-electron chi connectivity index (χ3n) is 2.30. The van der Waals surface area contributed by atoms with E-state index in [1.807, 2.05) is 13.8 Å². The lowest BCUT2D eigenvalue weighted by atomic mass is 10.2. The normalized spacial score (nSPS) is 45.0. The zero-order chi connectivity index (χ0) is 6.85. The van der Waals surface area contributed by atoms with Crippen molar-refractivity contribution in [1.82, 2.24) is 0 Å². The summed E-state index contributed by atoms with van der Waals surface area (Å²) in [7, 11) is 0. The van der Waals surface area contributed by atoms with Crippen molar-refractivity contribution in [2.24, 2.45) is 11.8 Å². The molecule has 0 bridgehead atoms. The monoisotopic (exact) mass is 132 g/mol. The van der Waals surface area contributed by atoms with Crippen LogP contribution in [0.3, 0.4) is 0 Å². The van der Waals surface area contributed by atoms with Crippen LogP contribution in [-0.4, -0.2) is 11.2 Å². The quantitative estimate of drug-likeness (QED) is 0.536. The lowest BCUT2D eigenvalue weighted by Crippen LogP contribution is -2.02. The summed E-state index contributed by atoms with van der Waals surface area (Å²) < 4.78 is 0. The Morgan fingerprint density at radius 2 is 2.00 bits per heavy atom. The van der Waals surface area contributed by atoms with Crippen molar-refractivity contribution >= 4 is 0 Å².